The summed E-state index contributed by atoms with van der Waals surface area (Å²) in [4.78, 5) is 29.2. The van der Waals surface area contributed by atoms with Crippen LogP contribution >= 0.6 is 0 Å². The van der Waals surface area contributed by atoms with Crippen LogP contribution in [0.4, 0.5) is 0 Å². The Kier molecular flexibility index (Phi) is 5.45. The van der Waals surface area contributed by atoms with Crippen LogP contribution in [0.25, 0.3) is 0 Å². The van der Waals surface area contributed by atoms with E-state index in [0.717, 1.165) is 11.1 Å². The minimum Gasteiger partial charge on any atom is -0.480 e. The average Bonchev–Trinajstić information content (AvgIpc) is 2.69. The lowest BCUT2D eigenvalue weighted by Gasteiger charge is -2.38. The van der Waals surface area contributed by atoms with Crippen LogP contribution in [0.1, 0.15) is 36.8 Å². The summed E-state index contributed by atoms with van der Waals surface area (Å²) in [6.45, 7) is 1.96. The number of carboxylic acid groups (broad SMARTS) is 1. The van der Waals surface area contributed by atoms with Crippen LogP contribution in [0.5, 0.6) is 0 Å². The van der Waals surface area contributed by atoms with Crippen molar-refractivity contribution in [3.05, 3.63) is 77.6 Å². The first-order valence-corrected chi connectivity index (χ1v) is 8.71. The molecule has 2 N–H and O–H groups in total. The van der Waals surface area contributed by atoms with Crippen molar-refractivity contribution < 1.29 is 14.7 Å². The van der Waals surface area contributed by atoms with Gasteiger partial charge in [0.15, 0.2) is 5.41 Å². The maximum absolute atomic E-state index is 13.0. The fraction of sp³-hybridized carbons (Fsp3) is 0.238. The van der Waals surface area contributed by atoms with E-state index in [9.17, 15) is 14.7 Å². The van der Waals surface area contributed by atoms with Crippen LogP contribution in [0.3, 0.4) is 0 Å². The van der Waals surface area contributed by atoms with E-state index in [2.05, 4.69) is 15.5 Å². The second-order valence-corrected chi connectivity index (χ2v) is 6.68. The summed E-state index contributed by atoms with van der Waals surface area (Å²) in [5.41, 5.74) is 3.44. The molecule has 6 nitrogen and oxygen atoms in total. The average molecular weight is 363 g/mol. The molecule has 2 atom stereocenters. The Balaban J connectivity index is 1.91. The number of aromatic nitrogens is 1. The number of allylic oxidation sites excluding steroid dienone is 2. The van der Waals surface area contributed by atoms with Gasteiger partial charge in [0, 0.05) is 23.9 Å². The number of amides is 1. The number of nitrogens with zero attached hydrogens (tertiary/aromatic N) is 2. The lowest BCUT2D eigenvalue weighted by atomic mass is 9.64. The maximum atomic E-state index is 13.0. The molecule has 1 aromatic carbocycles. The second-order valence-electron chi connectivity index (χ2n) is 6.68. The van der Waals surface area contributed by atoms with Gasteiger partial charge in [0.1, 0.15) is 0 Å². The van der Waals surface area contributed by atoms with Crippen LogP contribution < -0.4 is 5.43 Å². The highest BCUT2D eigenvalue weighted by molar-refractivity contribution is 6.03. The summed E-state index contributed by atoms with van der Waals surface area (Å²) in [5.74, 6) is -2.23. The van der Waals surface area contributed by atoms with Gasteiger partial charge >= 0.3 is 5.97 Å². The third-order valence-corrected chi connectivity index (χ3v) is 4.95. The SMILES string of the molecule is CC1=CC[C@](C(=O)O)(C(=O)N/N=C\c2cccnc2)[C@H](c2ccccc2)C1. The molecule has 0 radical (unpaired) electrons. The molecule has 0 unspecified atom stereocenters. The largest absolute Gasteiger partial charge is 0.480 e. The molecule has 0 bridgehead atoms. The summed E-state index contributed by atoms with van der Waals surface area (Å²) < 4.78 is 0. The molecule has 3 rings (SSSR count). The molecule has 0 spiro atoms. The number of carbonyl (C=O) groups excluding carboxylic acids is 1. The molecule has 1 heterocycles. The van der Waals surface area contributed by atoms with Crippen molar-refractivity contribution >= 4 is 18.1 Å². The number of nitrogens with one attached hydrogen (secondary N) is 1. The highest BCUT2D eigenvalue weighted by Crippen LogP contribution is 2.47. The molecule has 138 valence electrons. The first-order chi connectivity index (χ1) is 13.0. The molecular weight excluding hydrogens is 342 g/mol. The topological polar surface area (TPSA) is 91.6 Å². The number of aliphatic carboxylic acids is 1. The molecule has 1 aliphatic rings. The zero-order valence-corrected chi connectivity index (χ0v) is 15.0. The van der Waals surface area contributed by atoms with E-state index < -0.39 is 23.2 Å². The standard InChI is InChI=1S/C21H21N3O3/c1-15-9-10-21(20(26)27,18(12-15)17-7-3-2-4-8-17)19(25)24-23-14-16-6-5-11-22-13-16/h2-9,11,13-14,18H,10,12H2,1H3,(H,24,25)(H,26,27)/b23-14-/t18-,21+/m0/s1. The molecule has 0 saturated carbocycles. The summed E-state index contributed by atoms with van der Waals surface area (Å²) in [6.07, 6.45) is 7.15. The number of rotatable bonds is 5. The molecular formula is C21H21N3O3. The summed E-state index contributed by atoms with van der Waals surface area (Å²) in [6, 6.07) is 12.9. The molecule has 0 saturated heterocycles. The van der Waals surface area contributed by atoms with Crippen molar-refractivity contribution in [3.63, 3.8) is 0 Å². The Bertz CT molecular complexity index is 878. The molecule has 27 heavy (non-hydrogen) atoms. The number of hydrogen-bond acceptors (Lipinski definition) is 4. The van der Waals surface area contributed by atoms with Crippen LogP contribution in [-0.2, 0) is 9.59 Å². The predicted octanol–water partition coefficient (Wildman–Crippen LogP) is 3.13. The van der Waals surface area contributed by atoms with Gasteiger partial charge in [-0.1, -0.05) is 48.0 Å². The van der Waals surface area contributed by atoms with E-state index in [1.54, 1.807) is 24.5 Å². The molecule has 2 aromatic rings. The molecule has 1 amide bonds. The van der Waals surface area contributed by atoms with E-state index in [1.165, 1.54) is 6.21 Å². The van der Waals surface area contributed by atoms with Gasteiger partial charge in [0.05, 0.1) is 6.21 Å². The lowest BCUT2D eigenvalue weighted by molar-refractivity contribution is -0.158. The third kappa shape index (κ3) is 3.79. The van der Waals surface area contributed by atoms with Gasteiger partial charge in [-0.2, -0.15) is 5.10 Å². The van der Waals surface area contributed by atoms with Crippen molar-refractivity contribution in [2.45, 2.75) is 25.7 Å². The summed E-state index contributed by atoms with van der Waals surface area (Å²) in [5, 5.41) is 14.0. The number of carboxylic acids is 1. The Morgan fingerprint density at radius 3 is 2.70 bits per heavy atom. The second kappa shape index (κ2) is 7.95. The fourth-order valence-electron chi connectivity index (χ4n) is 3.45. The zero-order chi connectivity index (χ0) is 19.3. The number of hydrazone groups is 1. The van der Waals surface area contributed by atoms with Gasteiger partial charge in [-0.3, -0.25) is 14.6 Å². The monoisotopic (exact) mass is 363 g/mol. The molecule has 6 heteroatoms. The zero-order valence-electron chi connectivity index (χ0n) is 15.0. The minimum atomic E-state index is -1.60. The van der Waals surface area contributed by atoms with Crippen LogP contribution in [0.15, 0.2) is 71.6 Å². The van der Waals surface area contributed by atoms with Gasteiger partial charge < -0.3 is 5.11 Å². The van der Waals surface area contributed by atoms with Crippen molar-refractivity contribution in [2.75, 3.05) is 0 Å². The number of hydrogen-bond donors (Lipinski definition) is 2. The van der Waals surface area contributed by atoms with Crippen LogP contribution in [0.2, 0.25) is 0 Å². The van der Waals surface area contributed by atoms with Gasteiger partial charge in [-0.25, -0.2) is 5.43 Å². The normalized spacial score (nSPS) is 22.3. The fourth-order valence-corrected chi connectivity index (χ4v) is 3.45. The summed E-state index contributed by atoms with van der Waals surface area (Å²) in [7, 11) is 0. The van der Waals surface area contributed by atoms with E-state index in [1.807, 2.05) is 43.3 Å². The van der Waals surface area contributed by atoms with Gasteiger partial charge in [-0.15, -0.1) is 0 Å². The minimum absolute atomic E-state index is 0.127. The Morgan fingerprint density at radius 1 is 1.26 bits per heavy atom. The first kappa shape index (κ1) is 18.5. The number of benzene rings is 1. The van der Waals surface area contributed by atoms with Crippen molar-refractivity contribution in [1.29, 1.82) is 0 Å². The Morgan fingerprint density at radius 2 is 2.04 bits per heavy atom. The maximum Gasteiger partial charge on any atom is 0.320 e. The molecule has 0 aliphatic heterocycles. The van der Waals surface area contributed by atoms with Crippen LogP contribution in [0, 0.1) is 5.41 Å². The van der Waals surface area contributed by atoms with Gasteiger partial charge in [-0.05, 0) is 31.4 Å². The molecule has 0 fully saturated rings. The van der Waals surface area contributed by atoms with E-state index in [-0.39, 0.29) is 6.42 Å². The quantitative estimate of drug-likeness (QED) is 0.369. The highest BCUT2D eigenvalue weighted by atomic mass is 16.4. The Hall–Kier alpha value is -3.28. The first-order valence-electron chi connectivity index (χ1n) is 8.71. The molecule has 1 aromatic heterocycles. The summed E-state index contributed by atoms with van der Waals surface area (Å²) >= 11 is 0. The highest BCUT2D eigenvalue weighted by Gasteiger charge is 2.53. The van der Waals surface area contributed by atoms with Crippen LogP contribution in [-0.4, -0.2) is 28.2 Å². The number of pyridine rings is 1. The van der Waals surface area contributed by atoms with E-state index in [0.29, 0.717) is 12.0 Å². The van der Waals surface area contributed by atoms with Gasteiger partial charge in [0.2, 0.25) is 0 Å². The van der Waals surface area contributed by atoms with E-state index in [4.69, 9.17) is 0 Å². The predicted molar refractivity (Wildman–Crippen MR) is 102 cm³/mol. The van der Waals surface area contributed by atoms with Crippen molar-refractivity contribution in [1.82, 2.24) is 10.4 Å². The van der Waals surface area contributed by atoms with Crippen molar-refractivity contribution in [2.24, 2.45) is 10.5 Å². The third-order valence-electron chi connectivity index (χ3n) is 4.95. The Labute approximate surface area is 157 Å². The smallest absolute Gasteiger partial charge is 0.320 e. The van der Waals surface area contributed by atoms with Crippen molar-refractivity contribution in [3.8, 4) is 0 Å². The molecule has 1 aliphatic carbocycles. The lowest BCUT2D eigenvalue weighted by Crippen LogP contribution is -2.50. The number of carbonyl (C=O) groups is 2. The van der Waals surface area contributed by atoms with E-state index >= 15 is 0 Å². The van der Waals surface area contributed by atoms with Gasteiger partial charge in [0.25, 0.3) is 5.91 Å².